The summed E-state index contributed by atoms with van der Waals surface area (Å²) in [5, 5.41) is 9.78. The number of terminal acetylenes is 1. The zero-order chi connectivity index (χ0) is 15.3. The zero-order valence-electron chi connectivity index (χ0n) is 12.5. The molecule has 114 valence electrons. The molecule has 4 nitrogen and oxygen atoms in total. The summed E-state index contributed by atoms with van der Waals surface area (Å²) in [4.78, 5) is 0. The molecule has 0 aromatic heterocycles. The molecule has 1 fully saturated rings. The molecule has 0 amide bonds. The molecule has 1 aliphatic rings. The van der Waals surface area contributed by atoms with E-state index in [1.807, 2.05) is 44.2 Å². The Bertz CT molecular complexity index is 477. The molecule has 3 atom stereocenters. The fourth-order valence-corrected chi connectivity index (χ4v) is 2.43. The molecule has 0 aliphatic carbocycles. The second-order valence-electron chi connectivity index (χ2n) is 5.64. The molecule has 0 saturated carbocycles. The Hall–Kier alpha value is -1.38. The Labute approximate surface area is 126 Å². The number of hydrogen-bond donors (Lipinski definition) is 1. The predicted octanol–water partition coefficient (Wildman–Crippen LogP) is 2.11. The third-order valence-corrected chi connectivity index (χ3v) is 3.32. The Morgan fingerprint density at radius 1 is 1.38 bits per heavy atom. The van der Waals surface area contributed by atoms with Gasteiger partial charge in [0.2, 0.25) is 0 Å². The highest BCUT2D eigenvalue weighted by Crippen LogP contribution is 2.28. The van der Waals surface area contributed by atoms with E-state index in [0.717, 1.165) is 5.56 Å². The van der Waals surface area contributed by atoms with Gasteiger partial charge in [0.1, 0.15) is 12.2 Å². The Morgan fingerprint density at radius 3 is 2.76 bits per heavy atom. The fourth-order valence-electron chi connectivity index (χ4n) is 2.43. The van der Waals surface area contributed by atoms with E-state index in [0.29, 0.717) is 19.6 Å². The van der Waals surface area contributed by atoms with Gasteiger partial charge in [-0.15, -0.1) is 6.42 Å². The van der Waals surface area contributed by atoms with Gasteiger partial charge in [0.05, 0.1) is 19.3 Å². The Kier molecular flexibility index (Phi) is 5.38. The lowest BCUT2D eigenvalue weighted by Gasteiger charge is -2.41. The molecule has 1 unspecified atom stereocenters. The van der Waals surface area contributed by atoms with Crippen molar-refractivity contribution < 1.29 is 19.3 Å². The van der Waals surface area contributed by atoms with E-state index in [1.54, 1.807) is 0 Å². The van der Waals surface area contributed by atoms with Crippen molar-refractivity contribution in [1.82, 2.24) is 0 Å². The van der Waals surface area contributed by atoms with E-state index in [4.69, 9.17) is 20.6 Å². The molecule has 2 rings (SSSR count). The molecule has 1 saturated heterocycles. The van der Waals surface area contributed by atoms with E-state index in [9.17, 15) is 5.11 Å². The lowest BCUT2D eigenvalue weighted by molar-refractivity contribution is -0.314. The number of ether oxygens (including phenoxy) is 3. The van der Waals surface area contributed by atoms with Crippen LogP contribution in [0.3, 0.4) is 0 Å². The molecule has 0 bridgehead atoms. The molecule has 1 N–H and O–H groups in total. The predicted molar refractivity (Wildman–Crippen MR) is 79.4 cm³/mol. The summed E-state index contributed by atoms with van der Waals surface area (Å²) in [6, 6.07) is 9.96. The highest BCUT2D eigenvalue weighted by atomic mass is 16.7. The van der Waals surface area contributed by atoms with Crippen LogP contribution in [0.2, 0.25) is 0 Å². The maximum atomic E-state index is 9.78. The molecule has 4 heteroatoms. The van der Waals surface area contributed by atoms with Crippen LogP contribution in [0.5, 0.6) is 0 Å². The lowest BCUT2D eigenvalue weighted by Crippen LogP contribution is -2.49. The van der Waals surface area contributed by atoms with Crippen LogP contribution in [-0.2, 0) is 20.8 Å². The summed E-state index contributed by atoms with van der Waals surface area (Å²) in [6.45, 7) is 4.60. The van der Waals surface area contributed by atoms with Gasteiger partial charge in [0, 0.05) is 6.42 Å². The molecule has 0 radical (unpaired) electrons. The highest BCUT2D eigenvalue weighted by molar-refractivity contribution is 5.13. The topological polar surface area (TPSA) is 47.9 Å². The summed E-state index contributed by atoms with van der Waals surface area (Å²) in [5.74, 6) is 1.53. The van der Waals surface area contributed by atoms with E-state index >= 15 is 0 Å². The number of benzene rings is 1. The van der Waals surface area contributed by atoms with Crippen LogP contribution in [0.1, 0.15) is 25.8 Å². The number of hydrogen-bond acceptors (Lipinski definition) is 4. The second kappa shape index (κ2) is 7.06. The van der Waals surface area contributed by atoms with Gasteiger partial charge in [-0.3, -0.25) is 0 Å². The monoisotopic (exact) mass is 290 g/mol. The summed E-state index contributed by atoms with van der Waals surface area (Å²) >= 11 is 0. The summed E-state index contributed by atoms with van der Waals surface area (Å²) in [7, 11) is 0. The van der Waals surface area contributed by atoms with Crippen molar-refractivity contribution in [2.75, 3.05) is 6.61 Å². The molecule has 1 aliphatic heterocycles. The van der Waals surface area contributed by atoms with Crippen LogP contribution in [0.4, 0.5) is 0 Å². The van der Waals surface area contributed by atoms with Gasteiger partial charge in [-0.1, -0.05) is 36.3 Å². The van der Waals surface area contributed by atoms with Gasteiger partial charge in [-0.05, 0) is 19.4 Å². The zero-order valence-corrected chi connectivity index (χ0v) is 12.5. The van der Waals surface area contributed by atoms with Gasteiger partial charge in [0.15, 0.2) is 5.79 Å². The van der Waals surface area contributed by atoms with Crippen molar-refractivity contribution in [3.05, 3.63) is 35.9 Å². The lowest BCUT2D eigenvalue weighted by atomic mass is 10.0. The second-order valence-corrected chi connectivity index (χ2v) is 5.64. The van der Waals surface area contributed by atoms with Gasteiger partial charge >= 0.3 is 0 Å². The molecule has 1 aromatic rings. The summed E-state index contributed by atoms with van der Waals surface area (Å²) < 4.78 is 17.2. The quantitative estimate of drug-likeness (QED) is 0.844. The van der Waals surface area contributed by atoms with Crippen LogP contribution in [0.25, 0.3) is 0 Å². The average molecular weight is 290 g/mol. The van der Waals surface area contributed by atoms with Crippen molar-refractivity contribution in [2.24, 2.45) is 0 Å². The normalized spacial score (nSPS) is 26.0. The first-order chi connectivity index (χ1) is 10.00. The van der Waals surface area contributed by atoms with E-state index in [-0.39, 0.29) is 6.10 Å². The van der Waals surface area contributed by atoms with Gasteiger partial charge in [-0.25, -0.2) is 0 Å². The van der Waals surface area contributed by atoms with Crippen LogP contribution < -0.4 is 0 Å². The van der Waals surface area contributed by atoms with Gasteiger partial charge in [0.25, 0.3) is 0 Å². The maximum Gasteiger partial charge on any atom is 0.163 e. The van der Waals surface area contributed by atoms with Crippen LogP contribution in [0, 0.1) is 12.3 Å². The molecule has 21 heavy (non-hydrogen) atoms. The number of aliphatic hydroxyl groups excluding tert-OH is 1. The van der Waals surface area contributed by atoms with E-state index < -0.39 is 18.0 Å². The highest BCUT2D eigenvalue weighted by Gasteiger charge is 2.38. The van der Waals surface area contributed by atoms with Crippen molar-refractivity contribution in [3.63, 3.8) is 0 Å². The third-order valence-electron chi connectivity index (χ3n) is 3.32. The summed E-state index contributed by atoms with van der Waals surface area (Å²) in [6.07, 6.45) is 4.28. The van der Waals surface area contributed by atoms with Crippen molar-refractivity contribution in [3.8, 4) is 12.3 Å². The molecule has 0 spiro atoms. The van der Waals surface area contributed by atoms with Crippen molar-refractivity contribution in [1.29, 1.82) is 0 Å². The molecule has 1 aromatic carbocycles. The first-order valence-electron chi connectivity index (χ1n) is 7.11. The summed E-state index contributed by atoms with van der Waals surface area (Å²) in [5.41, 5.74) is 1.11. The third kappa shape index (κ3) is 4.83. The van der Waals surface area contributed by atoms with Crippen molar-refractivity contribution >= 4 is 0 Å². The minimum absolute atomic E-state index is 0.148. The first kappa shape index (κ1) is 16.0. The Balaban J connectivity index is 1.86. The molecular formula is C17H22O4. The number of rotatable bonds is 5. The van der Waals surface area contributed by atoms with E-state index in [1.165, 1.54) is 0 Å². The Morgan fingerprint density at radius 2 is 2.10 bits per heavy atom. The maximum absolute atomic E-state index is 9.78. The van der Waals surface area contributed by atoms with Gasteiger partial charge in [-0.2, -0.15) is 0 Å². The van der Waals surface area contributed by atoms with Crippen LogP contribution >= 0.6 is 0 Å². The first-order valence-corrected chi connectivity index (χ1v) is 7.11. The van der Waals surface area contributed by atoms with E-state index in [2.05, 4.69) is 5.92 Å². The smallest absolute Gasteiger partial charge is 0.163 e. The minimum Gasteiger partial charge on any atom is -0.378 e. The molecule has 1 heterocycles. The standard InChI is InChI=1S/C17H22O4/c1-4-15(18)16-10-14(20-17(2,3)21-16)12-19-11-13-8-6-5-7-9-13/h1,5-9,14-16,18H,10-12H2,2-3H3/t14-,15?,16-/m1/s1. The largest absolute Gasteiger partial charge is 0.378 e. The SMILES string of the molecule is C#CC(O)[C@H]1C[C@H](COCc2ccccc2)OC(C)(C)O1. The van der Waals surface area contributed by atoms with Gasteiger partial charge < -0.3 is 19.3 Å². The fraction of sp³-hybridized carbons (Fsp3) is 0.529. The van der Waals surface area contributed by atoms with Crippen LogP contribution in [0.15, 0.2) is 30.3 Å². The number of aliphatic hydroxyl groups is 1. The van der Waals surface area contributed by atoms with Crippen molar-refractivity contribution in [2.45, 2.75) is 51.0 Å². The minimum atomic E-state index is -0.926. The van der Waals surface area contributed by atoms with Crippen LogP contribution in [-0.4, -0.2) is 35.8 Å². The molecular weight excluding hydrogens is 268 g/mol. The average Bonchev–Trinajstić information content (AvgIpc) is 2.46.